The van der Waals surface area contributed by atoms with Crippen LogP contribution in [0.25, 0.3) is 22.3 Å². The molecule has 0 spiro atoms. The fourth-order valence-corrected chi connectivity index (χ4v) is 3.21. The third kappa shape index (κ3) is 3.89. The average Bonchev–Trinajstić information content (AvgIpc) is 2.68. The summed E-state index contributed by atoms with van der Waals surface area (Å²) in [6, 6.07) is 20.4. The topological polar surface area (TPSA) is 55.0 Å². The SMILES string of the molecule is O=c1[nH]c(-c2cc(Cl)ccc2OCc2ccc(Br)cc2)nc2ccccc12. The first-order valence-corrected chi connectivity index (χ1v) is 9.43. The van der Waals surface area contributed by atoms with Crippen molar-refractivity contribution in [1.29, 1.82) is 0 Å². The molecule has 0 aliphatic heterocycles. The Kier molecular flexibility index (Phi) is 4.97. The third-order valence-electron chi connectivity index (χ3n) is 4.12. The van der Waals surface area contributed by atoms with E-state index in [1.165, 1.54) is 0 Å². The van der Waals surface area contributed by atoms with Gasteiger partial charge in [-0.1, -0.05) is 51.8 Å². The van der Waals surface area contributed by atoms with E-state index in [4.69, 9.17) is 16.3 Å². The van der Waals surface area contributed by atoms with E-state index >= 15 is 0 Å². The van der Waals surface area contributed by atoms with Gasteiger partial charge in [0.05, 0.1) is 16.5 Å². The maximum atomic E-state index is 12.4. The molecular weight excluding hydrogens is 428 g/mol. The van der Waals surface area contributed by atoms with E-state index in [0.717, 1.165) is 10.0 Å². The standard InChI is InChI=1S/C21H14BrClN2O2/c22-14-7-5-13(6-8-14)12-27-19-10-9-15(23)11-17(19)20-24-18-4-2-1-3-16(18)21(26)25-20/h1-11H,12H2,(H,24,25,26). The summed E-state index contributed by atoms with van der Waals surface area (Å²) in [5.41, 5.74) is 2.09. The number of fused-ring (bicyclic) bond motifs is 1. The smallest absolute Gasteiger partial charge is 0.259 e. The van der Waals surface area contributed by atoms with Gasteiger partial charge < -0.3 is 9.72 Å². The van der Waals surface area contributed by atoms with Crippen LogP contribution in [0.1, 0.15) is 5.56 Å². The fraction of sp³-hybridized carbons (Fsp3) is 0.0476. The molecule has 0 atom stereocenters. The van der Waals surface area contributed by atoms with Crippen LogP contribution in [0.2, 0.25) is 5.02 Å². The monoisotopic (exact) mass is 440 g/mol. The van der Waals surface area contributed by atoms with Gasteiger partial charge in [0.25, 0.3) is 5.56 Å². The van der Waals surface area contributed by atoms with Crippen LogP contribution >= 0.6 is 27.5 Å². The van der Waals surface area contributed by atoms with Gasteiger partial charge in [0.2, 0.25) is 0 Å². The van der Waals surface area contributed by atoms with Crippen LogP contribution in [0, 0.1) is 0 Å². The lowest BCUT2D eigenvalue weighted by atomic mass is 10.1. The van der Waals surface area contributed by atoms with Crippen LogP contribution in [-0.2, 0) is 6.61 Å². The summed E-state index contributed by atoms with van der Waals surface area (Å²) in [7, 11) is 0. The van der Waals surface area contributed by atoms with Gasteiger partial charge in [0.1, 0.15) is 18.2 Å². The van der Waals surface area contributed by atoms with Crippen molar-refractivity contribution in [2.75, 3.05) is 0 Å². The first kappa shape index (κ1) is 17.8. The zero-order valence-electron chi connectivity index (χ0n) is 14.1. The van der Waals surface area contributed by atoms with Gasteiger partial charge in [-0.05, 0) is 48.0 Å². The highest BCUT2D eigenvalue weighted by molar-refractivity contribution is 9.10. The minimum absolute atomic E-state index is 0.200. The number of benzene rings is 3. The summed E-state index contributed by atoms with van der Waals surface area (Å²) in [5, 5.41) is 1.08. The Morgan fingerprint density at radius 1 is 1.04 bits per heavy atom. The molecule has 1 heterocycles. The number of rotatable bonds is 4. The Hall–Kier alpha value is -2.63. The molecule has 134 valence electrons. The summed E-state index contributed by atoms with van der Waals surface area (Å²) in [6.07, 6.45) is 0. The lowest BCUT2D eigenvalue weighted by Gasteiger charge is -2.12. The van der Waals surface area contributed by atoms with Crippen LogP contribution in [0.15, 0.2) is 76.0 Å². The van der Waals surface area contributed by atoms with Crippen molar-refractivity contribution in [2.45, 2.75) is 6.61 Å². The number of aromatic nitrogens is 2. The second-order valence-electron chi connectivity index (χ2n) is 5.99. The fourth-order valence-electron chi connectivity index (χ4n) is 2.77. The second kappa shape index (κ2) is 7.55. The third-order valence-corrected chi connectivity index (χ3v) is 4.88. The highest BCUT2D eigenvalue weighted by Crippen LogP contribution is 2.31. The van der Waals surface area contributed by atoms with Crippen molar-refractivity contribution in [2.24, 2.45) is 0 Å². The maximum Gasteiger partial charge on any atom is 0.259 e. The molecule has 1 aromatic heterocycles. The van der Waals surface area contributed by atoms with E-state index in [-0.39, 0.29) is 5.56 Å². The predicted molar refractivity (Wildman–Crippen MR) is 111 cm³/mol. The van der Waals surface area contributed by atoms with Crippen molar-refractivity contribution in [3.63, 3.8) is 0 Å². The highest BCUT2D eigenvalue weighted by Gasteiger charge is 2.12. The number of aromatic amines is 1. The second-order valence-corrected chi connectivity index (χ2v) is 7.34. The van der Waals surface area contributed by atoms with Gasteiger partial charge in [-0.2, -0.15) is 0 Å². The number of para-hydroxylation sites is 1. The first-order valence-electron chi connectivity index (χ1n) is 8.26. The molecule has 0 saturated carbocycles. The summed E-state index contributed by atoms with van der Waals surface area (Å²) in [4.78, 5) is 19.8. The number of hydrogen-bond donors (Lipinski definition) is 1. The van der Waals surface area contributed by atoms with Crippen molar-refractivity contribution in [3.05, 3.63) is 92.1 Å². The highest BCUT2D eigenvalue weighted by atomic mass is 79.9. The molecule has 0 fully saturated rings. The van der Waals surface area contributed by atoms with Crippen LogP contribution in [0.3, 0.4) is 0 Å². The van der Waals surface area contributed by atoms with E-state index in [2.05, 4.69) is 25.9 Å². The molecule has 0 bridgehead atoms. The van der Waals surface area contributed by atoms with Crippen molar-refractivity contribution >= 4 is 38.4 Å². The maximum absolute atomic E-state index is 12.4. The van der Waals surface area contributed by atoms with E-state index in [9.17, 15) is 4.79 Å². The molecule has 0 amide bonds. The molecule has 4 aromatic rings. The minimum atomic E-state index is -0.200. The van der Waals surface area contributed by atoms with Gasteiger partial charge in [-0.3, -0.25) is 4.79 Å². The largest absolute Gasteiger partial charge is 0.488 e. The number of nitrogens with one attached hydrogen (secondary N) is 1. The number of H-pyrrole nitrogens is 1. The predicted octanol–water partition coefficient (Wildman–Crippen LogP) is 5.59. The Balaban J connectivity index is 1.73. The molecule has 0 aliphatic carbocycles. The zero-order valence-corrected chi connectivity index (χ0v) is 16.4. The normalized spacial score (nSPS) is 10.9. The lowest BCUT2D eigenvalue weighted by Crippen LogP contribution is -2.10. The van der Waals surface area contributed by atoms with Crippen molar-refractivity contribution in [3.8, 4) is 17.1 Å². The van der Waals surface area contributed by atoms with Gasteiger partial charge in [-0.25, -0.2) is 4.98 Å². The summed E-state index contributed by atoms with van der Waals surface area (Å²) in [5.74, 6) is 1.02. The summed E-state index contributed by atoms with van der Waals surface area (Å²) < 4.78 is 7.00. The Labute approximate surface area is 168 Å². The van der Waals surface area contributed by atoms with E-state index in [1.807, 2.05) is 36.4 Å². The van der Waals surface area contributed by atoms with Gasteiger partial charge in [-0.15, -0.1) is 0 Å². The van der Waals surface area contributed by atoms with E-state index in [0.29, 0.717) is 39.7 Å². The van der Waals surface area contributed by atoms with Gasteiger partial charge in [0.15, 0.2) is 0 Å². The Morgan fingerprint density at radius 2 is 1.81 bits per heavy atom. The van der Waals surface area contributed by atoms with Crippen LogP contribution in [-0.4, -0.2) is 9.97 Å². The van der Waals surface area contributed by atoms with Gasteiger partial charge in [0, 0.05) is 9.50 Å². The van der Waals surface area contributed by atoms with E-state index in [1.54, 1.807) is 30.3 Å². The minimum Gasteiger partial charge on any atom is -0.488 e. The van der Waals surface area contributed by atoms with Crippen LogP contribution < -0.4 is 10.3 Å². The zero-order chi connectivity index (χ0) is 18.8. The van der Waals surface area contributed by atoms with Crippen LogP contribution in [0.4, 0.5) is 0 Å². The van der Waals surface area contributed by atoms with Crippen LogP contribution in [0.5, 0.6) is 5.75 Å². The average molecular weight is 442 g/mol. The Morgan fingerprint density at radius 3 is 2.63 bits per heavy atom. The quantitative estimate of drug-likeness (QED) is 0.449. The van der Waals surface area contributed by atoms with E-state index < -0.39 is 0 Å². The summed E-state index contributed by atoms with van der Waals surface area (Å²) >= 11 is 9.60. The molecule has 4 rings (SSSR count). The molecule has 3 aromatic carbocycles. The number of halogens is 2. The number of nitrogens with zero attached hydrogens (tertiary/aromatic N) is 1. The van der Waals surface area contributed by atoms with Gasteiger partial charge >= 0.3 is 0 Å². The molecule has 0 saturated heterocycles. The molecule has 4 nitrogen and oxygen atoms in total. The lowest BCUT2D eigenvalue weighted by molar-refractivity contribution is 0.307. The molecule has 27 heavy (non-hydrogen) atoms. The molecule has 0 unspecified atom stereocenters. The molecular formula is C21H14BrClN2O2. The van der Waals surface area contributed by atoms with Crippen molar-refractivity contribution < 1.29 is 4.74 Å². The van der Waals surface area contributed by atoms with Crippen molar-refractivity contribution in [1.82, 2.24) is 9.97 Å². The molecule has 0 aliphatic rings. The molecule has 1 N–H and O–H groups in total. The molecule has 6 heteroatoms. The number of ether oxygens (including phenoxy) is 1. The number of hydrogen-bond acceptors (Lipinski definition) is 3. The molecule has 0 radical (unpaired) electrons. The first-order chi connectivity index (χ1) is 13.1. The Bertz CT molecular complexity index is 1170. The summed E-state index contributed by atoms with van der Waals surface area (Å²) in [6.45, 7) is 0.389.